The molecule has 0 atom stereocenters. The zero-order valence-corrected chi connectivity index (χ0v) is 15.1. The molecule has 0 bridgehead atoms. The fourth-order valence-corrected chi connectivity index (χ4v) is 3.67. The van der Waals surface area contributed by atoms with Gasteiger partial charge in [0.2, 0.25) is 6.79 Å². The third kappa shape index (κ3) is 2.89. The van der Waals surface area contributed by atoms with Crippen molar-refractivity contribution in [3.63, 3.8) is 0 Å². The summed E-state index contributed by atoms with van der Waals surface area (Å²) in [5.74, 6) is 0.819. The lowest BCUT2D eigenvalue weighted by molar-refractivity contribution is 0.0793. The van der Waals surface area contributed by atoms with E-state index >= 15 is 0 Å². The van der Waals surface area contributed by atoms with Crippen LogP contribution in [-0.2, 0) is 0 Å². The first-order chi connectivity index (χ1) is 13.7. The van der Waals surface area contributed by atoms with Crippen molar-refractivity contribution in [2.24, 2.45) is 0 Å². The van der Waals surface area contributed by atoms with Gasteiger partial charge in [-0.2, -0.15) is 0 Å². The Morgan fingerprint density at radius 3 is 2.75 bits per heavy atom. The number of aromatic nitrogens is 1. The molecule has 1 saturated heterocycles. The molecule has 3 heterocycles. The molecular weight excluding hydrogens is 361 g/mol. The zero-order valence-electron chi connectivity index (χ0n) is 15.1. The van der Waals surface area contributed by atoms with Crippen LogP contribution in [0.1, 0.15) is 23.2 Å². The Bertz CT molecular complexity index is 1080. The summed E-state index contributed by atoms with van der Waals surface area (Å²) < 4.78 is 24.8. The lowest BCUT2D eigenvalue weighted by atomic mass is 10.1. The van der Waals surface area contributed by atoms with Gasteiger partial charge in [-0.05, 0) is 43.2 Å². The number of nitrogens with zero attached hydrogens (tertiary/aromatic N) is 2. The van der Waals surface area contributed by atoms with E-state index in [0.717, 1.165) is 31.6 Å². The lowest BCUT2D eigenvalue weighted by Crippen LogP contribution is -2.28. The van der Waals surface area contributed by atoms with Gasteiger partial charge in [0.05, 0.1) is 16.8 Å². The van der Waals surface area contributed by atoms with E-state index in [2.05, 4.69) is 10.3 Å². The van der Waals surface area contributed by atoms with E-state index in [1.54, 1.807) is 24.4 Å². The van der Waals surface area contributed by atoms with Crippen LogP contribution in [0, 0.1) is 5.82 Å². The molecular formula is C21H18FN3O3. The third-order valence-electron chi connectivity index (χ3n) is 5.10. The number of hydrogen-bond donors (Lipinski definition) is 1. The number of ether oxygens (including phenoxy) is 2. The number of likely N-dealkylation sites (tertiary alicyclic amines) is 1. The molecule has 6 nitrogen and oxygen atoms in total. The van der Waals surface area contributed by atoms with Crippen LogP contribution in [0.2, 0.25) is 0 Å². The molecule has 0 aliphatic carbocycles. The second kappa shape index (κ2) is 6.67. The molecule has 0 spiro atoms. The highest BCUT2D eigenvalue weighted by molar-refractivity contribution is 6.08. The van der Waals surface area contributed by atoms with Crippen LogP contribution in [0.15, 0.2) is 42.6 Å². The van der Waals surface area contributed by atoms with Gasteiger partial charge in [-0.15, -0.1) is 0 Å². The summed E-state index contributed by atoms with van der Waals surface area (Å²) in [4.78, 5) is 19.3. The van der Waals surface area contributed by atoms with Crippen molar-refractivity contribution in [1.29, 1.82) is 0 Å². The molecule has 1 amide bonds. The summed E-state index contributed by atoms with van der Waals surface area (Å²) in [6.07, 6.45) is 3.55. The largest absolute Gasteiger partial charge is 0.454 e. The molecule has 1 fully saturated rings. The fraction of sp³-hybridized carbons (Fsp3) is 0.238. The second-order valence-electron chi connectivity index (χ2n) is 6.90. The summed E-state index contributed by atoms with van der Waals surface area (Å²) >= 11 is 0. The van der Waals surface area contributed by atoms with E-state index in [1.165, 1.54) is 12.1 Å². The predicted molar refractivity (Wildman–Crippen MR) is 103 cm³/mol. The van der Waals surface area contributed by atoms with Gasteiger partial charge in [-0.3, -0.25) is 9.78 Å². The number of nitrogens with one attached hydrogen (secondary N) is 1. The molecule has 1 N–H and O–H groups in total. The van der Waals surface area contributed by atoms with Gasteiger partial charge in [0.15, 0.2) is 11.5 Å². The van der Waals surface area contributed by atoms with Crippen LogP contribution >= 0.6 is 0 Å². The van der Waals surface area contributed by atoms with Gasteiger partial charge in [0, 0.05) is 36.4 Å². The number of pyridine rings is 1. The molecule has 0 radical (unpaired) electrons. The average Bonchev–Trinajstić information content (AvgIpc) is 3.39. The first kappa shape index (κ1) is 16.8. The van der Waals surface area contributed by atoms with Gasteiger partial charge >= 0.3 is 0 Å². The van der Waals surface area contributed by atoms with Gasteiger partial charge < -0.3 is 19.7 Å². The standard InChI is InChI=1S/C21H18FN3O3/c22-13-3-5-17-15(9-13)20(16(11-23-17)21(26)25-7-1-2-8-25)24-14-4-6-18-19(10-14)28-12-27-18/h3-6,9-11H,1-2,7-8,12H2,(H,23,24). The fourth-order valence-electron chi connectivity index (χ4n) is 3.67. The van der Waals surface area contributed by atoms with Crippen molar-refractivity contribution in [3.05, 3.63) is 54.0 Å². The van der Waals surface area contributed by atoms with Crippen molar-refractivity contribution in [3.8, 4) is 11.5 Å². The van der Waals surface area contributed by atoms with Crippen LogP contribution in [0.25, 0.3) is 10.9 Å². The van der Waals surface area contributed by atoms with E-state index in [0.29, 0.717) is 33.7 Å². The first-order valence-electron chi connectivity index (χ1n) is 9.23. The lowest BCUT2D eigenvalue weighted by Gasteiger charge is -2.19. The van der Waals surface area contributed by atoms with Gasteiger partial charge in [-0.25, -0.2) is 4.39 Å². The number of carbonyl (C=O) groups excluding carboxylic acids is 1. The van der Waals surface area contributed by atoms with E-state index in [1.807, 2.05) is 11.0 Å². The first-order valence-corrected chi connectivity index (χ1v) is 9.23. The van der Waals surface area contributed by atoms with Crippen LogP contribution in [-0.4, -0.2) is 35.7 Å². The van der Waals surface area contributed by atoms with Gasteiger partial charge in [0.1, 0.15) is 5.82 Å². The maximum Gasteiger partial charge on any atom is 0.257 e. The number of amides is 1. The van der Waals surface area contributed by atoms with Crippen molar-refractivity contribution in [2.75, 3.05) is 25.2 Å². The Hall–Kier alpha value is -3.35. The van der Waals surface area contributed by atoms with Crippen LogP contribution < -0.4 is 14.8 Å². The monoisotopic (exact) mass is 379 g/mol. The normalized spacial score (nSPS) is 15.2. The second-order valence-corrected chi connectivity index (χ2v) is 6.90. The molecule has 0 saturated carbocycles. The minimum absolute atomic E-state index is 0.0978. The van der Waals surface area contributed by atoms with Crippen molar-refractivity contribution < 1.29 is 18.7 Å². The molecule has 0 unspecified atom stereocenters. The third-order valence-corrected chi connectivity index (χ3v) is 5.10. The maximum atomic E-state index is 14.0. The Balaban J connectivity index is 1.62. The van der Waals surface area contributed by atoms with Crippen LogP contribution in [0.3, 0.4) is 0 Å². The van der Waals surface area contributed by atoms with Crippen LogP contribution in [0.5, 0.6) is 11.5 Å². The number of halogens is 1. The highest BCUT2D eigenvalue weighted by Crippen LogP contribution is 2.37. The smallest absolute Gasteiger partial charge is 0.257 e. The number of hydrogen-bond acceptors (Lipinski definition) is 5. The van der Waals surface area contributed by atoms with Crippen LogP contribution in [0.4, 0.5) is 15.8 Å². The Kier molecular flexibility index (Phi) is 4.00. The minimum Gasteiger partial charge on any atom is -0.454 e. The molecule has 7 heteroatoms. The topological polar surface area (TPSA) is 63.7 Å². The van der Waals surface area contributed by atoms with Crippen molar-refractivity contribution in [1.82, 2.24) is 9.88 Å². The number of fused-ring (bicyclic) bond motifs is 2. The van der Waals surface area contributed by atoms with E-state index in [4.69, 9.17) is 9.47 Å². The quantitative estimate of drug-likeness (QED) is 0.743. The number of rotatable bonds is 3. The molecule has 142 valence electrons. The Labute approximate surface area is 160 Å². The van der Waals surface area contributed by atoms with Crippen molar-refractivity contribution >= 4 is 28.2 Å². The van der Waals surface area contributed by atoms with Gasteiger partial charge in [0.25, 0.3) is 5.91 Å². The number of benzene rings is 2. The SMILES string of the molecule is O=C(c1cnc2ccc(F)cc2c1Nc1ccc2c(c1)OCO2)N1CCCC1. The number of anilines is 2. The summed E-state index contributed by atoms with van der Waals surface area (Å²) in [5.41, 5.74) is 2.30. The highest BCUT2D eigenvalue weighted by atomic mass is 19.1. The molecule has 5 rings (SSSR count). The summed E-state index contributed by atoms with van der Waals surface area (Å²) in [5, 5.41) is 3.85. The Morgan fingerprint density at radius 1 is 1.07 bits per heavy atom. The van der Waals surface area contributed by atoms with E-state index < -0.39 is 0 Å². The Morgan fingerprint density at radius 2 is 1.89 bits per heavy atom. The molecule has 3 aromatic rings. The molecule has 2 aromatic carbocycles. The molecule has 2 aliphatic rings. The molecule has 28 heavy (non-hydrogen) atoms. The van der Waals surface area contributed by atoms with E-state index in [9.17, 15) is 9.18 Å². The summed E-state index contributed by atoms with van der Waals surface area (Å²) in [6, 6.07) is 9.82. The molecule has 1 aromatic heterocycles. The zero-order chi connectivity index (χ0) is 19.1. The predicted octanol–water partition coefficient (Wildman–Crippen LogP) is 4.08. The number of carbonyl (C=O) groups is 1. The van der Waals surface area contributed by atoms with E-state index in [-0.39, 0.29) is 18.5 Å². The summed E-state index contributed by atoms with van der Waals surface area (Å²) in [7, 11) is 0. The van der Waals surface area contributed by atoms with Gasteiger partial charge in [-0.1, -0.05) is 0 Å². The average molecular weight is 379 g/mol. The minimum atomic E-state index is -0.381. The maximum absolute atomic E-state index is 14.0. The summed E-state index contributed by atoms with van der Waals surface area (Å²) in [6.45, 7) is 1.63. The highest BCUT2D eigenvalue weighted by Gasteiger charge is 2.24. The molecule has 2 aliphatic heterocycles. The van der Waals surface area contributed by atoms with Crippen molar-refractivity contribution in [2.45, 2.75) is 12.8 Å².